The summed E-state index contributed by atoms with van der Waals surface area (Å²) in [5.41, 5.74) is 0.570. The molecule has 0 aliphatic carbocycles. The summed E-state index contributed by atoms with van der Waals surface area (Å²) in [4.78, 5) is 11.3. The van der Waals surface area contributed by atoms with Crippen molar-refractivity contribution in [2.45, 2.75) is 13.5 Å². The third-order valence-electron chi connectivity index (χ3n) is 2.10. The van der Waals surface area contributed by atoms with Crippen molar-refractivity contribution in [3.8, 4) is 6.01 Å². The largest absolute Gasteiger partial charge is 0.817 e. The molecule has 0 radical (unpaired) electrons. The Bertz CT molecular complexity index is 521. The van der Waals surface area contributed by atoms with Crippen LogP contribution in [0.5, 0.6) is 6.01 Å². The van der Waals surface area contributed by atoms with Crippen molar-refractivity contribution in [3.05, 3.63) is 24.4 Å². The molecule has 6 nitrogen and oxygen atoms in total. The average molecular weight is 221 g/mol. The van der Waals surface area contributed by atoms with Gasteiger partial charge in [0.2, 0.25) is 12.6 Å². The molecule has 0 saturated carbocycles. The summed E-state index contributed by atoms with van der Waals surface area (Å²) in [5.74, 6) is -0.406. The summed E-state index contributed by atoms with van der Waals surface area (Å²) in [6.07, 6.45) is 1.60. The number of carbonyl (C=O) groups is 1. The molecule has 2 aromatic heterocycles. The van der Waals surface area contributed by atoms with Crippen LogP contribution in [0.15, 0.2) is 24.4 Å². The van der Waals surface area contributed by atoms with Gasteiger partial charge in [-0.15, -0.1) is 0 Å². The van der Waals surface area contributed by atoms with Gasteiger partial charge < -0.3 is 9.84 Å². The third-order valence-corrected chi connectivity index (χ3v) is 2.10. The standard InChI is InChI=1S/C10H11N3O3/c1-2-16-9(14)7-13-8-5-3-4-6-12(8)10(15)11-13/h3-6H,2,7H2,1H3. The highest BCUT2D eigenvalue weighted by atomic mass is 16.5. The molecule has 2 heterocycles. The first-order chi connectivity index (χ1) is 7.72. The van der Waals surface area contributed by atoms with E-state index in [0.29, 0.717) is 12.3 Å². The fourth-order valence-corrected chi connectivity index (χ4v) is 1.45. The lowest BCUT2D eigenvalue weighted by atomic mass is 10.5. The lowest BCUT2D eigenvalue weighted by Crippen LogP contribution is -2.24. The van der Waals surface area contributed by atoms with E-state index in [9.17, 15) is 9.90 Å². The first-order valence-electron chi connectivity index (χ1n) is 4.92. The Balaban J connectivity index is 2.34. The highest BCUT2D eigenvalue weighted by Gasteiger charge is 2.16. The van der Waals surface area contributed by atoms with Crippen LogP contribution < -0.4 is 9.51 Å². The van der Waals surface area contributed by atoms with Crippen molar-refractivity contribution >= 4 is 11.6 Å². The Morgan fingerprint density at radius 2 is 2.44 bits per heavy atom. The minimum atomic E-state index is -0.406. The predicted molar refractivity (Wildman–Crippen MR) is 51.5 cm³/mol. The Morgan fingerprint density at radius 1 is 1.62 bits per heavy atom. The zero-order valence-corrected chi connectivity index (χ0v) is 8.79. The number of nitrogens with zero attached hydrogens (tertiary/aromatic N) is 3. The van der Waals surface area contributed by atoms with E-state index < -0.39 is 12.0 Å². The molecule has 0 aliphatic heterocycles. The quantitative estimate of drug-likeness (QED) is 0.505. The molecule has 84 valence electrons. The summed E-state index contributed by atoms with van der Waals surface area (Å²) >= 11 is 0. The van der Waals surface area contributed by atoms with Crippen LogP contribution in [0, 0.1) is 0 Å². The molecule has 2 rings (SSSR count). The first-order valence-corrected chi connectivity index (χ1v) is 4.92. The maximum absolute atomic E-state index is 11.4. The fourth-order valence-electron chi connectivity index (χ4n) is 1.45. The number of rotatable bonds is 3. The van der Waals surface area contributed by atoms with E-state index in [0.717, 1.165) is 0 Å². The van der Waals surface area contributed by atoms with Crippen molar-refractivity contribution < 1.29 is 19.0 Å². The Morgan fingerprint density at radius 3 is 3.19 bits per heavy atom. The smallest absolute Gasteiger partial charge is 0.344 e. The maximum atomic E-state index is 11.4. The van der Waals surface area contributed by atoms with Gasteiger partial charge in [0, 0.05) is 11.2 Å². The van der Waals surface area contributed by atoms with Crippen LogP contribution in [-0.4, -0.2) is 22.4 Å². The van der Waals surface area contributed by atoms with Crippen molar-refractivity contribution in [2.75, 3.05) is 6.61 Å². The average Bonchev–Trinajstić information content (AvgIpc) is 2.57. The minimum Gasteiger partial charge on any atom is -0.817 e. The van der Waals surface area contributed by atoms with E-state index in [1.165, 1.54) is 9.08 Å². The van der Waals surface area contributed by atoms with Gasteiger partial charge >= 0.3 is 5.97 Å². The summed E-state index contributed by atoms with van der Waals surface area (Å²) in [7, 11) is 0. The van der Waals surface area contributed by atoms with Gasteiger partial charge in [0.05, 0.1) is 12.8 Å². The van der Waals surface area contributed by atoms with Crippen molar-refractivity contribution in [2.24, 2.45) is 0 Å². The third kappa shape index (κ3) is 1.81. The molecule has 0 N–H and O–H groups in total. The molecule has 16 heavy (non-hydrogen) atoms. The van der Waals surface area contributed by atoms with E-state index >= 15 is 0 Å². The van der Waals surface area contributed by atoms with E-state index in [1.807, 2.05) is 0 Å². The summed E-state index contributed by atoms with van der Waals surface area (Å²) in [6, 6.07) is 4.82. The monoisotopic (exact) mass is 221 g/mol. The number of ether oxygens (including phenoxy) is 1. The van der Waals surface area contributed by atoms with Crippen LogP contribution in [0.3, 0.4) is 0 Å². The Labute approximate surface area is 91.7 Å². The van der Waals surface area contributed by atoms with Gasteiger partial charge in [-0.3, -0.25) is 0 Å². The van der Waals surface area contributed by atoms with Gasteiger partial charge in [-0.1, -0.05) is 10.7 Å². The summed E-state index contributed by atoms with van der Waals surface area (Å²) < 4.78 is 7.50. The number of pyridine rings is 1. The van der Waals surface area contributed by atoms with Crippen LogP contribution >= 0.6 is 0 Å². The second kappa shape index (κ2) is 4.18. The van der Waals surface area contributed by atoms with Gasteiger partial charge in [-0.2, -0.15) is 0 Å². The molecule has 0 aliphatic rings. The highest BCUT2D eigenvalue weighted by molar-refractivity contribution is 5.69. The second-order valence-electron chi connectivity index (χ2n) is 3.17. The van der Waals surface area contributed by atoms with Crippen LogP contribution in [-0.2, 0) is 16.1 Å². The lowest BCUT2D eigenvalue weighted by Gasteiger charge is -1.97. The summed E-state index contributed by atoms with van der Waals surface area (Å²) in [6.45, 7) is 1.99. The number of hydrogen-bond acceptors (Lipinski definition) is 4. The summed E-state index contributed by atoms with van der Waals surface area (Å²) in [5, 5.41) is 15.2. The van der Waals surface area contributed by atoms with Gasteiger partial charge in [-0.05, 0) is 13.0 Å². The zero-order chi connectivity index (χ0) is 11.5. The van der Waals surface area contributed by atoms with Gasteiger partial charge in [0.15, 0.2) is 0 Å². The zero-order valence-electron chi connectivity index (χ0n) is 8.79. The molecule has 0 amide bonds. The molecule has 0 aromatic carbocycles. The van der Waals surface area contributed by atoms with Gasteiger partial charge in [0.1, 0.15) is 0 Å². The molecule has 0 bridgehead atoms. The number of hydrogen-bond donors (Lipinski definition) is 0. The molecule has 6 heteroatoms. The predicted octanol–water partition coefficient (Wildman–Crippen LogP) is -0.741. The fraction of sp³-hybridized carbons (Fsp3) is 0.300. The molecule has 0 atom stereocenters. The first kappa shape index (κ1) is 10.4. The van der Waals surface area contributed by atoms with Crippen LogP contribution in [0.25, 0.3) is 5.65 Å². The van der Waals surface area contributed by atoms with Crippen LogP contribution in [0.4, 0.5) is 0 Å². The number of carbonyl (C=O) groups excluding carboxylic acids is 1. The Kier molecular flexibility index (Phi) is 2.72. The molecule has 0 spiro atoms. The van der Waals surface area contributed by atoms with E-state index in [2.05, 4.69) is 5.10 Å². The number of fused-ring (bicyclic) bond motifs is 1. The molecule has 2 aromatic rings. The normalized spacial score (nSPS) is 10.6. The van der Waals surface area contributed by atoms with Crippen LogP contribution in [0.2, 0.25) is 0 Å². The molecule has 0 fully saturated rings. The van der Waals surface area contributed by atoms with E-state index in [4.69, 9.17) is 4.74 Å². The minimum absolute atomic E-state index is 0.0520. The number of esters is 1. The molecular weight excluding hydrogens is 210 g/mol. The van der Waals surface area contributed by atoms with E-state index in [1.54, 1.807) is 31.3 Å². The van der Waals surface area contributed by atoms with Crippen LogP contribution in [0.1, 0.15) is 6.92 Å². The van der Waals surface area contributed by atoms with E-state index in [-0.39, 0.29) is 6.54 Å². The lowest BCUT2D eigenvalue weighted by molar-refractivity contribution is -0.586. The van der Waals surface area contributed by atoms with Crippen molar-refractivity contribution in [1.29, 1.82) is 0 Å². The Hall–Kier alpha value is -2.11. The highest BCUT2D eigenvalue weighted by Crippen LogP contribution is 2.01. The van der Waals surface area contributed by atoms with Gasteiger partial charge in [0.25, 0.3) is 5.65 Å². The molecular formula is C10H11N3O3. The molecule has 0 unspecified atom stereocenters. The number of aromatic nitrogens is 3. The SMILES string of the molecule is CCOC(=O)Cn1nc([O-])[n+]2ccccc12. The molecule has 0 saturated heterocycles. The second-order valence-corrected chi connectivity index (χ2v) is 3.17. The van der Waals surface area contributed by atoms with Crippen molar-refractivity contribution in [3.63, 3.8) is 0 Å². The topological polar surface area (TPSA) is 71.3 Å². The van der Waals surface area contributed by atoms with Crippen molar-refractivity contribution in [1.82, 2.24) is 9.78 Å². The maximum Gasteiger partial charge on any atom is 0.344 e. The van der Waals surface area contributed by atoms with Gasteiger partial charge in [-0.25, -0.2) is 9.20 Å².